The smallest absolute Gasteiger partial charge is 0.338 e. The molecule has 152 valence electrons. The number of nitrogens with zero attached hydrogens (tertiary/aromatic N) is 2. The van der Waals surface area contributed by atoms with Gasteiger partial charge in [-0.3, -0.25) is 4.79 Å². The Morgan fingerprint density at radius 1 is 1.21 bits per heavy atom. The lowest BCUT2D eigenvalue weighted by Gasteiger charge is -2.15. The van der Waals surface area contributed by atoms with Crippen molar-refractivity contribution >= 4 is 50.9 Å². The van der Waals surface area contributed by atoms with E-state index in [1.807, 2.05) is 6.92 Å². The second kappa shape index (κ2) is 9.84. The summed E-state index contributed by atoms with van der Waals surface area (Å²) in [6.07, 6.45) is 3.14. The van der Waals surface area contributed by atoms with E-state index in [0.717, 1.165) is 21.7 Å². The van der Waals surface area contributed by atoms with Crippen molar-refractivity contribution in [3.63, 3.8) is 0 Å². The van der Waals surface area contributed by atoms with Crippen LogP contribution in [0.2, 0.25) is 0 Å². The number of carbonyl (C=O) groups is 2. The van der Waals surface area contributed by atoms with Crippen molar-refractivity contribution in [1.82, 2.24) is 9.97 Å². The number of aromatic nitrogens is 2. The minimum atomic E-state index is -0.405. The molecule has 1 aromatic carbocycles. The third-order valence-corrected chi connectivity index (χ3v) is 6.82. The van der Waals surface area contributed by atoms with Crippen LogP contribution in [0.25, 0.3) is 10.2 Å². The minimum absolute atomic E-state index is 0.129. The van der Waals surface area contributed by atoms with Gasteiger partial charge in [-0.25, -0.2) is 14.8 Å². The van der Waals surface area contributed by atoms with Gasteiger partial charge in [0, 0.05) is 16.0 Å². The van der Waals surface area contributed by atoms with E-state index in [1.54, 1.807) is 48.9 Å². The van der Waals surface area contributed by atoms with Gasteiger partial charge in [-0.1, -0.05) is 31.7 Å². The van der Waals surface area contributed by atoms with E-state index in [9.17, 15) is 9.59 Å². The largest absolute Gasteiger partial charge is 0.462 e. The Balaban J connectivity index is 1.76. The van der Waals surface area contributed by atoms with Gasteiger partial charge < -0.3 is 10.1 Å². The van der Waals surface area contributed by atoms with Crippen molar-refractivity contribution < 1.29 is 14.3 Å². The van der Waals surface area contributed by atoms with Crippen molar-refractivity contribution in [3.8, 4) is 0 Å². The van der Waals surface area contributed by atoms with Gasteiger partial charge in [-0.2, -0.15) is 0 Å². The summed E-state index contributed by atoms with van der Waals surface area (Å²) in [5, 5.41) is 4.40. The highest BCUT2D eigenvalue weighted by atomic mass is 32.2. The highest BCUT2D eigenvalue weighted by Gasteiger charge is 2.21. The molecule has 0 saturated heterocycles. The Morgan fingerprint density at radius 2 is 2.03 bits per heavy atom. The third kappa shape index (κ3) is 5.13. The number of thioether (sulfide) groups is 1. The molecule has 1 N–H and O–H groups in total. The molecule has 0 fully saturated rings. The van der Waals surface area contributed by atoms with E-state index in [4.69, 9.17) is 4.74 Å². The number of ether oxygens (including phenoxy) is 1. The zero-order valence-electron chi connectivity index (χ0n) is 16.6. The van der Waals surface area contributed by atoms with Crippen LogP contribution in [0.1, 0.15) is 42.4 Å². The molecular weight excluding hydrogens is 406 g/mol. The van der Waals surface area contributed by atoms with Crippen LogP contribution in [0.5, 0.6) is 0 Å². The predicted octanol–water partition coefficient (Wildman–Crippen LogP) is 4.94. The number of rotatable bonds is 8. The molecule has 8 heteroatoms. The molecule has 2 aromatic heterocycles. The molecule has 0 radical (unpaired) electrons. The Labute approximate surface area is 178 Å². The number of amides is 1. The zero-order valence-corrected chi connectivity index (χ0v) is 18.2. The molecule has 0 aliphatic heterocycles. The summed E-state index contributed by atoms with van der Waals surface area (Å²) in [7, 11) is 0. The Hall–Kier alpha value is -2.45. The average molecular weight is 430 g/mol. The monoisotopic (exact) mass is 429 g/mol. The van der Waals surface area contributed by atoms with E-state index in [1.165, 1.54) is 16.6 Å². The molecule has 2 heterocycles. The number of benzene rings is 1. The third-order valence-electron chi connectivity index (χ3n) is 4.25. The van der Waals surface area contributed by atoms with E-state index in [2.05, 4.69) is 28.3 Å². The van der Waals surface area contributed by atoms with Gasteiger partial charge in [0.2, 0.25) is 5.91 Å². The molecule has 1 atom stereocenters. The quantitative estimate of drug-likeness (QED) is 0.310. The first-order valence-electron chi connectivity index (χ1n) is 9.53. The normalized spacial score (nSPS) is 12.0. The maximum absolute atomic E-state index is 12.9. The van der Waals surface area contributed by atoms with E-state index < -0.39 is 5.97 Å². The second-order valence-corrected chi connectivity index (χ2v) is 8.58. The maximum atomic E-state index is 12.9. The number of fused-ring (bicyclic) bond motifs is 1. The predicted molar refractivity (Wildman–Crippen MR) is 118 cm³/mol. The minimum Gasteiger partial charge on any atom is -0.462 e. The van der Waals surface area contributed by atoms with Crippen LogP contribution in [0.15, 0.2) is 41.7 Å². The molecule has 3 rings (SSSR count). The first kappa shape index (κ1) is 21.3. The second-order valence-electron chi connectivity index (χ2n) is 6.27. The van der Waals surface area contributed by atoms with Gasteiger partial charge >= 0.3 is 5.97 Å². The number of carbonyl (C=O) groups excluding carboxylic acids is 2. The molecule has 0 bridgehead atoms. The number of thiophene rings is 1. The van der Waals surface area contributed by atoms with E-state index in [0.29, 0.717) is 24.3 Å². The highest BCUT2D eigenvalue weighted by Crippen LogP contribution is 2.34. The first-order chi connectivity index (χ1) is 14.0. The van der Waals surface area contributed by atoms with Gasteiger partial charge in [-0.05, 0) is 44.0 Å². The molecule has 29 heavy (non-hydrogen) atoms. The number of anilines is 1. The van der Waals surface area contributed by atoms with Gasteiger partial charge in [0.05, 0.1) is 17.4 Å². The summed E-state index contributed by atoms with van der Waals surface area (Å²) in [6.45, 7) is 6.14. The molecule has 6 nitrogen and oxygen atoms in total. The van der Waals surface area contributed by atoms with Gasteiger partial charge in [-0.15, -0.1) is 11.3 Å². The lowest BCUT2D eigenvalue weighted by Crippen LogP contribution is -2.24. The molecule has 0 aliphatic carbocycles. The van der Waals surface area contributed by atoms with Crippen molar-refractivity contribution in [2.75, 3.05) is 11.9 Å². The summed E-state index contributed by atoms with van der Waals surface area (Å²) in [4.78, 5) is 35.7. The lowest BCUT2D eigenvalue weighted by atomic mass is 10.2. The molecule has 1 unspecified atom stereocenters. The number of aryl methyl sites for hydroxylation is 1. The van der Waals surface area contributed by atoms with Crippen molar-refractivity contribution in [3.05, 3.63) is 47.1 Å². The molecule has 3 aromatic rings. The van der Waals surface area contributed by atoms with Crippen molar-refractivity contribution in [2.24, 2.45) is 0 Å². The Kier molecular flexibility index (Phi) is 7.22. The Morgan fingerprint density at radius 3 is 2.76 bits per heavy atom. The molecule has 1 amide bonds. The SMILES string of the molecule is CCOC(=O)c1cccc(NC(=O)C(CC)Sc2ncnc3sc(CC)cc23)c1. The molecular formula is C21H23N3O3S2. The zero-order chi connectivity index (χ0) is 20.8. The summed E-state index contributed by atoms with van der Waals surface area (Å²) < 4.78 is 5.02. The fourth-order valence-electron chi connectivity index (χ4n) is 2.77. The highest BCUT2D eigenvalue weighted by molar-refractivity contribution is 8.00. The average Bonchev–Trinajstić information content (AvgIpc) is 3.16. The van der Waals surface area contributed by atoms with Crippen molar-refractivity contribution in [1.29, 1.82) is 0 Å². The van der Waals surface area contributed by atoms with Crippen LogP contribution in [0, 0.1) is 0 Å². The molecule has 0 spiro atoms. The summed E-state index contributed by atoms with van der Waals surface area (Å²) >= 11 is 3.10. The van der Waals surface area contributed by atoms with Crippen LogP contribution in [0.3, 0.4) is 0 Å². The van der Waals surface area contributed by atoms with Crippen molar-refractivity contribution in [2.45, 2.75) is 43.9 Å². The van der Waals surface area contributed by atoms with Crippen LogP contribution in [-0.2, 0) is 16.0 Å². The maximum Gasteiger partial charge on any atom is 0.338 e. The fourth-order valence-corrected chi connectivity index (χ4v) is 4.76. The molecule has 0 saturated carbocycles. The van der Waals surface area contributed by atoms with Crippen LogP contribution >= 0.6 is 23.1 Å². The topological polar surface area (TPSA) is 81.2 Å². The number of nitrogens with one attached hydrogen (secondary N) is 1. The summed E-state index contributed by atoms with van der Waals surface area (Å²) in [5.74, 6) is -0.534. The summed E-state index contributed by atoms with van der Waals surface area (Å²) in [5.41, 5.74) is 0.976. The van der Waals surface area contributed by atoms with E-state index in [-0.39, 0.29) is 11.2 Å². The van der Waals surface area contributed by atoms with Crippen LogP contribution in [0.4, 0.5) is 5.69 Å². The standard InChI is InChI=1S/C21H23N3O3S2/c1-4-15-11-16-19(28-15)22-12-23-20(16)29-17(5-2)18(25)24-14-9-7-8-13(10-14)21(26)27-6-3/h7-12,17H,4-6H2,1-3H3,(H,24,25). The number of hydrogen-bond donors (Lipinski definition) is 1. The van der Waals surface area contributed by atoms with Gasteiger partial charge in [0.1, 0.15) is 16.2 Å². The van der Waals surface area contributed by atoms with Crippen LogP contribution < -0.4 is 5.32 Å². The first-order valence-corrected chi connectivity index (χ1v) is 11.2. The number of esters is 1. The van der Waals surface area contributed by atoms with Gasteiger partial charge in [0.15, 0.2) is 0 Å². The van der Waals surface area contributed by atoms with Crippen LogP contribution in [-0.4, -0.2) is 33.7 Å². The number of hydrogen-bond acceptors (Lipinski definition) is 7. The Bertz CT molecular complexity index is 1020. The fraction of sp³-hybridized carbons (Fsp3) is 0.333. The van der Waals surface area contributed by atoms with E-state index >= 15 is 0 Å². The van der Waals surface area contributed by atoms with Gasteiger partial charge in [0.25, 0.3) is 0 Å². The lowest BCUT2D eigenvalue weighted by molar-refractivity contribution is -0.115. The molecule has 0 aliphatic rings. The summed E-state index contributed by atoms with van der Waals surface area (Å²) in [6, 6.07) is 8.88.